The summed E-state index contributed by atoms with van der Waals surface area (Å²) in [4.78, 5) is 26.3. The van der Waals surface area contributed by atoms with Crippen LogP contribution in [0.3, 0.4) is 0 Å². The maximum Gasteiger partial charge on any atom is 0.307 e. The summed E-state index contributed by atoms with van der Waals surface area (Å²) in [6.45, 7) is 0.477. The number of nitrogens with zero attached hydrogens (tertiary/aromatic N) is 1. The zero-order chi connectivity index (χ0) is 17.2. The molecule has 0 bridgehead atoms. The van der Waals surface area contributed by atoms with Crippen LogP contribution in [0.15, 0.2) is 30.3 Å². The number of hydrogen-bond donors (Lipinski definition) is 0. The highest BCUT2D eigenvalue weighted by atomic mass is 16.5. The van der Waals surface area contributed by atoms with E-state index in [4.69, 9.17) is 4.74 Å². The molecule has 1 aromatic carbocycles. The average Bonchev–Trinajstić information content (AvgIpc) is 2.90. The summed E-state index contributed by atoms with van der Waals surface area (Å²) in [5.74, 6) is -0.0841. The molecule has 1 aliphatic carbocycles. The largest absolute Gasteiger partial charge is 0.469 e. The first-order valence-corrected chi connectivity index (χ1v) is 9.11. The van der Waals surface area contributed by atoms with Crippen LogP contribution in [0, 0.1) is 0 Å². The summed E-state index contributed by atoms with van der Waals surface area (Å²) in [7, 11) is 1.40. The van der Waals surface area contributed by atoms with E-state index in [1.54, 1.807) is 0 Å². The van der Waals surface area contributed by atoms with Gasteiger partial charge in [0, 0.05) is 19.0 Å². The Balaban J connectivity index is 1.96. The van der Waals surface area contributed by atoms with Crippen molar-refractivity contribution in [2.24, 2.45) is 0 Å². The highest BCUT2D eigenvalue weighted by Gasteiger charge is 2.25. The lowest BCUT2D eigenvalue weighted by Crippen LogP contribution is -2.41. The van der Waals surface area contributed by atoms with E-state index >= 15 is 0 Å². The van der Waals surface area contributed by atoms with Crippen molar-refractivity contribution >= 4 is 11.9 Å². The van der Waals surface area contributed by atoms with Crippen LogP contribution < -0.4 is 0 Å². The van der Waals surface area contributed by atoms with Crippen molar-refractivity contribution in [3.05, 3.63) is 35.9 Å². The Morgan fingerprint density at radius 1 is 1.04 bits per heavy atom. The van der Waals surface area contributed by atoms with Crippen LogP contribution in [0.5, 0.6) is 0 Å². The number of methoxy groups -OCH3 is 1. The molecule has 2 rings (SSSR count). The summed E-state index contributed by atoms with van der Waals surface area (Å²) in [5.41, 5.74) is 1.18. The topological polar surface area (TPSA) is 46.6 Å². The molecule has 1 aliphatic rings. The number of rotatable bonds is 7. The van der Waals surface area contributed by atoms with Gasteiger partial charge in [-0.25, -0.2) is 0 Å². The minimum atomic E-state index is -0.246. The second-order valence-corrected chi connectivity index (χ2v) is 6.54. The predicted molar refractivity (Wildman–Crippen MR) is 94.6 cm³/mol. The van der Waals surface area contributed by atoms with Gasteiger partial charge < -0.3 is 9.64 Å². The van der Waals surface area contributed by atoms with E-state index in [0.717, 1.165) is 19.3 Å². The van der Waals surface area contributed by atoms with Gasteiger partial charge in [-0.2, -0.15) is 0 Å². The van der Waals surface area contributed by atoms with Gasteiger partial charge in [0.25, 0.3) is 0 Å². The molecule has 0 saturated heterocycles. The molecule has 4 nitrogen and oxygen atoms in total. The van der Waals surface area contributed by atoms with Crippen LogP contribution in [0.25, 0.3) is 0 Å². The van der Waals surface area contributed by atoms with Gasteiger partial charge in [0.15, 0.2) is 0 Å². The SMILES string of the molecule is COC(=O)CCN(C(=O)CCc1ccccc1)C1CCCCCC1. The van der Waals surface area contributed by atoms with E-state index in [9.17, 15) is 9.59 Å². The van der Waals surface area contributed by atoms with Gasteiger partial charge >= 0.3 is 5.97 Å². The van der Waals surface area contributed by atoms with Crippen molar-refractivity contribution in [3.63, 3.8) is 0 Å². The van der Waals surface area contributed by atoms with Crippen molar-refractivity contribution in [1.29, 1.82) is 0 Å². The normalized spacial score (nSPS) is 15.5. The van der Waals surface area contributed by atoms with E-state index in [-0.39, 0.29) is 24.3 Å². The van der Waals surface area contributed by atoms with Crippen molar-refractivity contribution in [3.8, 4) is 0 Å². The number of ether oxygens (including phenoxy) is 1. The predicted octanol–water partition coefficient (Wildman–Crippen LogP) is 3.73. The Kier molecular flexibility index (Phi) is 7.80. The van der Waals surface area contributed by atoms with Crippen molar-refractivity contribution in [2.75, 3.05) is 13.7 Å². The molecule has 0 heterocycles. The average molecular weight is 331 g/mol. The molecule has 1 fully saturated rings. The number of amides is 1. The molecule has 0 aromatic heterocycles. The molecule has 132 valence electrons. The third-order valence-electron chi connectivity index (χ3n) is 4.84. The Morgan fingerprint density at radius 3 is 2.33 bits per heavy atom. The number of benzene rings is 1. The van der Waals surface area contributed by atoms with Crippen LogP contribution in [0.2, 0.25) is 0 Å². The molecule has 24 heavy (non-hydrogen) atoms. The molecular formula is C20H29NO3. The van der Waals surface area contributed by atoms with Gasteiger partial charge in [-0.1, -0.05) is 56.0 Å². The van der Waals surface area contributed by atoms with Gasteiger partial charge in [0.1, 0.15) is 0 Å². The minimum absolute atomic E-state index is 0.162. The lowest BCUT2D eigenvalue weighted by molar-refractivity contribution is -0.142. The van der Waals surface area contributed by atoms with Crippen LogP contribution in [0.1, 0.15) is 56.9 Å². The number of carbonyl (C=O) groups is 2. The van der Waals surface area contributed by atoms with E-state index in [2.05, 4.69) is 12.1 Å². The van der Waals surface area contributed by atoms with Crippen LogP contribution >= 0.6 is 0 Å². The maximum absolute atomic E-state index is 12.8. The van der Waals surface area contributed by atoms with Crippen molar-refractivity contribution < 1.29 is 14.3 Å². The second kappa shape index (κ2) is 10.1. The first kappa shape index (κ1) is 18.5. The summed E-state index contributed by atoms with van der Waals surface area (Å²) in [6, 6.07) is 10.4. The monoisotopic (exact) mass is 331 g/mol. The standard InChI is InChI=1S/C20H29NO3/c1-24-20(23)15-16-21(18-11-7-2-3-8-12-18)19(22)14-13-17-9-5-4-6-10-17/h4-6,9-10,18H,2-3,7-8,11-16H2,1H3. The number of aryl methyl sites for hydroxylation is 1. The van der Waals surface area contributed by atoms with E-state index in [1.165, 1.54) is 38.4 Å². The molecule has 1 aromatic rings. The molecular weight excluding hydrogens is 302 g/mol. The Bertz CT molecular complexity index is 507. The lowest BCUT2D eigenvalue weighted by Gasteiger charge is -2.31. The smallest absolute Gasteiger partial charge is 0.307 e. The number of hydrogen-bond acceptors (Lipinski definition) is 3. The van der Waals surface area contributed by atoms with E-state index in [0.29, 0.717) is 13.0 Å². The zero-order valence-corrected chi connectivity index (χ0v) is 14.7. The summed E-state index contributed by atoms with van der Waals surface area (Å²) < 4.78 is 4.74. The fraction of sp³-hybridized carbons (Fsp3) is 0.600. The lowest BCUT2D eigenvalue weighted by atomic mass is 10.0. The molecule has 0 aliphatic heterocycles. The third kappa shape index (κ3) is 5.99. The van der Waals surface area contributed by atoms with E-state index in [1.807, 2.05) is 23.1 Å². The molecule has 0 spiro atoms. The molecule has 0 N–H and O–H groups in total. The van der Waals surface area contributed by atoms with Gasteiger partial charge in [-0.15, -0.1) is 0 Å². The molecule has 1 amide bonds. The Hall–Kier alpha value is -1.84. The highest BCUT2D eigenvalue weighted by Crippen LogP contribution is 2.23. The van der Waals surface area contributed by atoms with Gasteiger partial charge in [0.2, 0.25) is 5.91 Å². The van der Waals surface area contributed by atoms with Crippen molar-refractivity contribution in [2.45, 2.75) is 63.8 Å². The fourth-order valence-corrected chi connectivity index (χ4v) is 3.43. The summed E-state index contributed by atoms with van der Waals surface area (Å²) in [5, 5.41) is 0. The quantitative estimate of drug-likeness (QED) is 0.565. The minimum Gasteiger partial charge on any atom is -0.469 e. The van der Waals surface area contributed by atoms with E-state index < -0.39 is 0 Å². The van der Waals surface area contributed by atoms with Gasteiger partial charge in [0.05, 0.1) is 13.5 Å². The first-order valence-electron chi connectivity index (χ1n) is 9.11. The summed E-state index contributed by atoms with van der Waals surface area (Å²) in [6.07, 6.45) is 8.49. The van der Waals surface area contributed by atoms with Gasteiger partial charge in [-0.3, -0.25) is 9.59 Å². The third-order valence-corrected chi connectivity index (χ3v) is 4.84. The molecule has 0 unspecified atom stereocenters. The highest BCUT2D eigenvalue weighted by molar-refractivity contribution is 5.78. The molecule has 0 radical (unpaired) electrons. The van der Waals surface area contributed by atoms with Crippen molar-refractivity contribution in [1.82, 2.24) is 4.90 Å². The van der Waals surface area contributed by atoms with Gasteiger partial charge in [-0.05, 0) is 24.8 Å². The zero-order valence-electron chi connectivity index (χ0n) is 14.7. The first-order chi connectivity index (χ1) is 11.7. The maximum atomic E-state index is 12.8. The second-order valence-electron chi connectivity index (χ2n) is 6.54. The summed E-state index contributed by atoms with van der Waals surface area (Å²) >= 11 is 0. The molecule has 0 atom stereocenters. The number of carbonyl (C=O) groups excluding carboxylic acids is 2. The molecule has 4 heteroatoms. The van der Waals surface area contributed by atoms with Crippen LogP contribution in [0.4, 0.5) is 0 Å². The fourth-order valence-electron chi connectivity index (χ4n) is 3.43. The molecule has 1 saturated carbocycles. The number of esters is 1. The van der Waals surface area contributed by atoms with Crippen LogP contribution in [-0.2, 0) is 20.7 Å². The Morgan fingerprint density at radius 2 is 1.71 bits per heavy atom. The van der Waals surface area contributed by atoms with Crippen LogP contribution in [-0.4, -0.2) is 36.5 Å². The Labute approximate surface area is 145 Å².